The quantitative estimate of drug-likeness (QED) is 0.851. The molecule has 0 bridgehead atoms. The van der Waals surface area contributed by atoms with Crippen molar-refractivity contribution in [3.05, 3.63) is 35.6 Å². The van der Waals surface area contributed by atoms with Gasteiger partial charge in [-0.25, -0.2) is 9.18 Å². The molecule has 1 aromatic rings. The van der Waals surface area contributed by atoms with Crippen LogP contribution in [0, 0.1) is 11.7 Å². The van der Waals surface area contributed by atoms with Crippen molar-refractivity contribution in [3.8, 4) is 0 Å². The molecule has 120 valence electrons. The van der Waals surface area contributed by atoms with Crippen molar-refractivity contribution in [2.45, 2.75) is 45.1 Å². The minimum absolute atomic E-state index is 0.158. The molecule has 0 aromatic heterocycles. The number of carbonyl (C=O) groups excluding carboxylic acids is 2. The van der Waals surface area contributed by atoms with Crippen LogP contribution in [-0.4, -0.2) is 24.5 Å². The van der Waals surface area contributed by atoms with Crippen LogP contribution in [-0.2, 0) is 9.53 Å². The first-order valence-electron chi connectivity index (χ1n) is 7.81. The van der Waals surface area contributed by atoms with E-state index in [0.717, 1.165) is 12.8 Å². The van der Waals surface area contributed by atoms with Gasteiger partial charge < -0.3 is 10.1 Å². The molecule has 0 saturated heterocycles. The van der Waals surface area contributed by atoms with Crippen molar-refractivity contribution in [2.24, 2.45) is 5.92 Å². The lowest BCUT2D eigenvalue weighted by Crippen LogP contribution is -2.38. The van der Waals surface area contributed by atoms with Gasteiger partial charge in [-0.15, -0.1) is 0 Å². The number of hydrogen-bond donors (Lipinski definition) is 1. The summed E-state index contributed by atoms with van der Waals surface area (Å²) in [5.74, 6) is -1.30. The number of esters is 1. The Balaban J connectivity index is 1.80. The van der Waals surface area contributed by atoms with Gasteiger partial charge in [-0.2, -0.15) is 0 Å². The van der Waals surface area contributed by atoms with E-state index in [2.05, 4.69) is 5.32 Å². The lowest BCUT2D eigenvalue weighted by Gasteiger charge is -2.22. The maximum atomic E-state index is 13.5. The van der Waals surface area contributed by atoms with Gasteiger partial charge in [0.05, 0.1) is 5.56 Å². The molecule has 4 nitrogen and oxygen atoms in total. The molecule has 0 heterocycles. The molecule has 1 atom stereocenters. The van der Waals surface area contributed by atoms with Crippen LogP contribution < -0.4 is 5.32 Å². The van der Waals surface area contributed by atoms with E-state index in [9.17, 15) is 14.0 Å². The van der Waals surface area contributed by atoms with Crippen LogP contribution in [0.15, 0.2) is 24.3 Å². The predicted octanol–water partition coefficient (Wildman–Crippen LogP) is 3.07. The Kier molecular flexibility index (Phi) is 5.92. The number of carbonyl (C=O) groups is 2. The number of amides is 1. The summed E-state index contributed by atoms with van der Waals surface area (Å²) in [7, 11) is 0. The lowest BCUT2D eigenvalue weighted by molar-refractivity contribution is -0.129. The van der Waals surface area contributed by atoms with Crippen molar-refractivity contribution >= 4 is 11.9 Å². The number of hydrogen-bond acceptors (Lipinski definition) is 3. The van der Waals surface area contributed by atoms with Crippen molar-refractivity contribution in [2.75, 3.05) is 6.54 Å². The highest BCUT2D eigenvalue weighted by atomic mass is 19.1. The summed E-state index contributed by atoms with van der Waals surface area (Å²) in [6.45, 7) is 2.11. The van der Waals surface area contributed by atoms with E-state index in [1.165, 1.54) is 44.4 Å². The molecular weight excluding hydrogens is 285 g/mol. The first-order valence-corrected chi connectivity index (χ1v) is 7.81. The van der Waals surface area contributed by atoms with Gasteiger partial charge in [0.15, 0.2) is 6.10 Å². The van der Waals surface area contributed by atoms with Crippen LogP contribution in [0.25, 0.3) is 0 Å². The minimum atomic E-state index is -0.935. The van der Waals surface area contributed by atoms with Crippen LogP contribution in [0.4, 0.5) is 4.39 Å². The van der Waals surface area contributed by atoms with Gasteiger partial charge in [0, 0.05) is 6.54 Å². The molecule has 0 spiro atoms. The third kappa shape index (κ3) is 4.55. The smallest absolute Gasteiger partial charge is 0.341 e. The average Bonchev–Trinajstić information content (AvgIpc) is 2.53. The molecule has 1 saturated carbocycles. The lowest BCUT2D eigenvalue weighted by atomic mass is 9.89. The second kappa shape index (κ2) is 7.92. The summed E-state index contributed by atoms with van der Waals surface area (Å²) in [6.07, 6.45) is 5.00. The van der Waals surface area contributed by atoms with Crippen molar-refractivity contribution < 1.29 is 18.7 Å². The van der Waals surface area contributed by atoms with Gasteiger partial charge in [0.25, 0.3) is 5.91 Å². The molecule has 0 radical (unpaired) electrons. The standard InChI is InChI=1S/C17H22FNO3/c1-12(16(20)19-11-13-7-3-2-4-8-13)22-17(21)14-9-5-6-10-15(14)18/h5-6,9-10,12-13H,2-4,7-8,11H2,1H3,(H,19,20)/t12-/m0/s1. The number of benzene rings is 1. The van der Waals surface area contributed by atoms with Crippen LogP contribution in [0.3, 0.4) is 0 Å². The van der Waals surface area contributed by atoms with E-state index < -0.39 is 17.9 Å². The monoisotopic (exact) mass is 307 g/mol. The number of rotatable bonds is 5. The Morgan fingerprint density at radius 1 is 1.27 bits per heavy atom. The van der Waals surface area contributed by atoms with Crippen LogP contribution >= 0.6 is 0 Å². The van der Waals surface area contributed by atoms with Gasteiger partial charge >= 0.3 is 5.97 Å². The third-order valence-corrected chi connectivity index (χ3v) is 4.04. The van der Waals surface area contributed by atoms with E-state index >= 15 is 0 Å². The predicted molar refractivity (Wildman–Crippen MR) is 80.9 cm³/mol. The van der Waals surface area contributed by atoms with Gasteiger partial charge in [0.2, 0.25) is 0 Å². The maximum Gasteiger partial charge on any atom is 0.341 e. The molecule has 1 aliphatic rings. The second-order valence-electron chi connectivity index (χ2n) is 5.78. The zero-order valence-corrected chi connectivity index (χ0v) is 12.8. The van der Waals surface area contributed by atoms with Gasteiger partial charge in [0.1, 0.15) is 5.82 Å². The van der Waals surface area contributed by atoms with Crippen LogP contribution in [0.5, 0.6) is 0 Å². The zero-order valence-electron chi connectivity index (χ0n) is 12.8. The van der Waals surface area contributed by atoms with E-state index in [0.29, 0.717) is 12.5 Å². The summed E-state index contributed by atoms with van der Waals surface area (Å²) < 4.78 is 18.5. The summed E-state index contributed by atoms with van der Waals surface area (Å²) in [5, 5.41) is 2.81. The van der Waals surface area contributed by atoms with Gasteiger partial charge in [-0.1, -0.05) is 31.4 Å². The van der Waals surface area contributed by atoms with Crippen LogP contribution in [0.2, 0.25) is 0 Å². The molecule has 2 rings (SSSR count). The highest BCUT2D eigenvalue weighted by Crippen LogP contribution is 2.22. The van der Waals surface area contributed by atoms with E-state index in [-0.39, 0.29) is 11.5 Å². The fourth-order valence-electron chi connectivity index (χ4n) is 2.68. The van der Waals surface area contributed by atoms with E-state index in [1.807, 2.05) is 0 Å². The summed E-state index contributed by atoms with van der Waals surface area (Å²) >= 11 is 0. The normalized spacial score (nSPS) is 16.8. The molecule has 1 aromatic carbocycles. The highest BCUT2D eigenvalue weighted by Gasteiger charge is 2.22. The fraction of sp³-hybridized carbons (Fsp3) is 0.529. The van der Waals surface area contributed by atoms with Crippen molar-refractivity contribution in [3.63, 3.8) is 0 Å². The number of halogens is 1. The first kappa shape index (κ1) is 16.5. The number of nitrogens with one attached hydrogen (secondary N) is 1. The Bertz CT molecular complexity index is 526. The summed E-state index contributed by atoms with van der Waals surface area (Å²) in [5.41, 5.74) is -0.158. The van der Waals surface area contributed by atoms with Gasteiger partial charge in [-0.3, -0.25) is 4.79 Å². The van der Waals surface area contributed by atoms with E-state index in [4.69, 9.17) is 4.74 Å². The molecule has 0 aliphatic heterocycles. The minimum Gasteiger partial charge on any atom is -0.449 e. The topological polar surface area (TPSA) is 55.4 Å². The summed E-state index contributed by atoms with van der Waals surface area (Å²) in [6, 6.07) is 5.56. The van der Waals surface area contributed by atoms with Crippen molar-refractivity contribution in [1.82, 2.24) is 5.32 Å². The Hall–Kier alpha value is -1.91. The van der Waals surface area contributed by atoms with E-state index in [1.54, 1.807) is 6.07 Å². The zero-order chi connectivity index (χ0) is 15.9. The molecule has 1 aliphatic carbocycles. The Labute approximate surface area is 130 Å². The third-order valence-electron chi connectivity index (χ3n) is 4.04. The SMILES string of the molecule is C[C@H](OC(=O)c1ccccc1F)C(=O)NCC1CCCCC1. The first-order chi connectivity index (χ1) is 10.6. The van der Waals surface area contributed by atoms with Crippen LogP contribution in [0.1, 0.15) is 49.4 Å². The second-order valence-corrected chi connectivity index (χ2v) is 5.78. The fourth-order valence-corrected chi connectivity index (χ4v) is 2.68. The molecule has 22 heavy (non-hydrogen) atoms. The molecule has 1 fully saturated rings. The Morgan fingerprint density at radius 2 is 1.95 bits per heavy atom. The Morgan fingerprint density at radius 3 is 2.64 bits per heavy atom. The highest BCUT2D eigenvalue weighted by molar-refractivity contribution is 5.92. The molecule has 5 heteroatoms. The molecule has 1 amide bonds. The molecule has 0 unspecified atom stereocenters. The maximum absolute atomic E-state index is 13.5. The van der Waals surface area contributed by atoms with Crippen molar-refractivity contribution in [1.29, 1.82) is 0 Å². The summed E-state index contributed by atoms with van der Waals surface area (Å²) in [4.78, 5) is 23.8. The number of ether oxygens (including phenoxy) is 1. The molecule has 1 N–H and O–H groups in total. The van der Waals surface area contributed by atoms with Gasteiger partial charge in [-0.05, 0) is 37.8 Å². The largest absolute Gasteiger partial charge is 0.449 e. The average molecular weight is 307 g/mol. The molecular formula is C17H22FNO3.